The van der Waals surface area contributed by atoms with Crippen LogP contribution >= 0.6 is 23.2 Å². The van der Waals surface area contributed by atoms with Crippen LogP contribution in [0.4, 0.5) is 21.6 Å². The Morgan fingerprint density at radius 3 is 2.76 bits per heavy atom. The van der Waals surface area contributed by atoms with E-state index in [1.807, 2.05) is 18.2 Å². The summed E-state index contributed by atoms with van der Waals surface area (Å²) in [4.78, 5) is 20.9. The number of benzene rings is 3. The number of rotatable bonds is 5. The second-order valence-corrected chi connectivity index (χ2v) is 9.09. The van der Waals surface area contributed by atoms with E-state index in [2.05, 4.69) is 30.8 Å². The van der Waals surface area contributed by atoms with Gasteiger partial charge in [0.25, 0.3) is 5.91 Å². The normalized spacial score (nSPS) is 13.9. The van der Waals surface area contributed by atoms with Gasteiger partial charge >= 0.3 is 0 Å². The third-order valence-corrected chi connectivity index (χ3v) is 6.30. The Bertz CT molecular complexity index is 1800. The van der Waals surface area contributed by atoms with Crippen molar-refractivity contribution in [2.45, 2.75) is 0 Å². The Labute approximate surface area is 224 Å². The van der Waals surface area contributed by atoms with Gasteiger partial charge in [0.1, 0.15) is 29.5 Å². The van der Waals surface area contributed by atoms with Crippen molar-refractivity contribution in [3.05, 3.63) is 100 Å². The second-order valence-electron chi connectivity index (χ2n) is 8.25. The predicted molar refractivity (Wildman–Crippen MR) is 146 cm³/mol. The first-order valence-corrected chi connectivity index (χ1v) is 12.0. The molecule has 0 saturated heterocycles. The van der Waals surface area contributed by atoms with Gasteiger partial charge in [-0.05, 0) is 66.7 Å². The van der Waals surface area contributed by atoms with Crippen LogP contribution in [0.2, 0.25) is 10.0 Å². The van der Waals surface area contributed by atoms with Crippen LogP contribution < -0.4 is 10.6 Å². The van der Waals surface area contributed by atoms with Crippen LogP contribution in [0.3, 0.4) is 0 Å². The molecule has 2 aromatic heterocycles. The third-order valence-electron chi connectivity index (χ3n) is 5.77. The number of aromatic nitrogens is 2. The minimum atomic E-state index is -0.503. The van der Waals surface area contributed by atoms with Crippen molar-refractivity contribution in [3.8, 4) is 11.3 Å². The maximum Gasteiger partial charge on any atom is 0.276 e. The average molecular weight is 545 g/mol. The Morgan fingerprint density at radius 1 is 1.00 bits per heavy atom. The summed E-state index contributed by atoms with van der Waals surface area (Å²) < 4.78 is 19.5. The molecular weight excluding hydrogens is 530 g/mol. The SMILES string of the molecule is O=C1Nc2ccc(Cl)cc2/C1=N\N=C\c1ccc(-c2ccc3ncnc(Nc4ccc(F)c(Cl)c4)c3c2)o1. The summed E-state index contributed by atoms with van der Waals surface area (Å²) >= 11 is 12.0. The van der Waals surface area contributed by atoms with Gasteiger partial charge in [0.2, 0.25) is 0 Å². The fourth-order valence-electron chi connectivity index (χ4n) is 3.97. The van der Waals surface area contributed by atoms with Crippen molar-refractivity contribution < 1.29 is 13.6 Å². The van der Waals surface area contributed by atoms with E-state index in [9.17, 15) is 9.18 Å². The number of nitrogens with zero attached hydrogens (tertiary/aromatic N) is 4. The van der Waals surface area contributed by atoms with Crippen LogP contribution in [0.1, 0.15) is 11.3 Å². The molecule has 0 bridgehead atoms. The first-order valence-electron chi connectivity index (χ1n) is 11.2. The van der Waals surface area contributed by atoms with Gasteiger partial charge in [0.05, 0.1) is 22.4 Å². The molecule has 0 atom stereocenters. The smallest absolute Gasteiger partial charge is 0.276 e. The molecule has 0 aliphatic carbocycles. The topological polar surface area (TPSA) is 105 Å². The number of anilines is 3. The maximum atomic E-state index is 13.5. The summed E-state index contributed by atoms with van der Waals surface area (Å²) in [5.74, 6) is 0.689. The highest BCUT2D eigenvalue weighted by atomic mass is 35.5. The highest BCUT2D eigenvalue weighted by molar-refractivity contribution is 6.54. The lowest BCUT2D eigenvalue weighted by Gasteiger charge is -2.09. The molecule has 6 rings (SSSR count). The van der Waals surface area contributed by atoms with Gasteiger partial charge < -0.3 is 15.1 Å². The fraction of sp³-hybridized carbons (Fsp3) is 0. The van der Waals surface area contributed by atoms with Gasteiger partial charge in [-0.25, -0.2) is 14.4 Å². The molecular formula is C27H15Cl2FN6O2. The van der Waals surface area contributed by atoms with Gasteiger partial charge in [-0.2, -0.15) is 5.10 Å². The van der Waals surface area contributed by atoms with Crippen LogP contribution in [0.25, 0.3) is 22.2 Å². The fourth-order valence-corrected chi connectivity index (χ4v) is 4.32. The minimum absolute atomic E-state index is 0.00512. The van der Waals surface area contributed by atoms with Crippen molar-refractivity contribution >= 4 is 69.1 Å². The van der Waals surface area contributed by atoms with E-state index in [4.69, 9.17) is 27.6 Å². The number of carbonyl (C=O) groups excluding carboxylic acids is 1. The molecule has 1 aliphatic heterocycles. The van der Waals surface area contributed by atoms with Crippen LogP contribution in [-0.4, -0.2) is 27.8 Å². The molecule has 0 radical (unpaired) electrons. The number of furan rings is 1. The summed E-state index contributed by atoms with van der Waals surface area (Å²) in [5, 5.41) is 15.2. The standard InChI is InChI=1S/C27H15Cl2FN6O2/c28-15-2-7-23-18(10-15)25(27(37)35-23)36-33-12-17-4-8-24(38-17)14-1-6-22-19(9-14)26(32-13-31-22)34-16-3-5-21(30)20(29)11-16/h1-13H,(H,31,32,34)(H,35,36,37)/b33-12+. The molecule has 2 N–H and O–H groups in total. The lowest BCUT2D eigenvalue weighted by Crippen LogP contribution is -2.13. The summed E-state index contributed by atoms with van der Waals surface area (Å²) in [7, 11) is 0. The Hall–Kier alpha value is -4.60. The molecule has 38 heavy (non-hydrogen) atoms. The van der Waals surface area contributed by atoms with Crippen LogP contribution in [0.5, 0.6) is 0 Å². The van der Waals surface area contributed by atoms with Crippen LogP contribution in [0.15, 0.2) is 87.7 Å². The quantitative estimate of drug-likeness (QED) is 0.186. The third kappa shape index (κ3) is 4.60. The number of carbonyl (C=O) groups is 1. The van der Waals surface area contributed by atoms with E-state index >= 15 is 0 Å². The Kier molecular flexibility index (Phi) is 6.07. The number of amides is 1. The molecule has 0 spiro atoms. The van der Waals surface area contributed by atoms with Gasteiger partial charge in [-0.3, -0.25) is 4.79 Å². The van der Waals surface area contributed by atoms with E-state index in [1.165, 1.54) is 24.7 Å². The molecule has 0 fully saturated rings. The van der Waals surface area contributed by atoms with Crippen LogP contribution in [0, 0.1) is 5.82 Å². The van der Waals surface area contributed by atoms with Crippen LogP contribution in [-0.2, 0) is 4.79 Å². The molecule has 3 heterocycles. The number of nitrogens with one attached hydrogen (secondary N) is 2. The highest BCUT2D eigenvalue weighted by Gasteiger charge is 2.26. The Balaban J connectivity index is 1.26. The summed E-state index contributed by atoms with van der Waals surface area (Å²) in [6, 6.07) is 18.5. The van der Waals surface area contributed by atoms with E-state index < -0.39 is 5.82 Å². The second kappa shape index (κ2) is 9.70. The lowest BCUT2D eigenvalue weighted by molar-refractivity contribution is -0.110. The number of hydrogen-bond donors (Lipinski definition) is 2. The predicted octanol–water partition coefficient (Wildman–Crippen LogP) is 6.85. The van der Waals surface area contributed by atoms with E-state index in [0.29, 0.717) is 44.8 Å². The first-order chi connectivity index (χ1) is 18.4. The zero-order chi connectivity index (χ0) is 26.2. The van der Waals surface area contributed by atoms with Crippen molar-refractivity contribution in [3.63, 3.8) is 0 Å². The first kappa shape index (κ1) is 23.8. The molecule has 1 amide bonds. The summed E-state index contributed by atoms with van der Waals surface area (Å²) in [5.41, 5.74) is 3.45. The molecule has 8 nitrogen and oxygen atoms in total. The minimum Gasteiger partial charge on any atom is -0.455 e. The molecule has 11 heteroatoms. The number of hydrogen-bond acceptors (Lipinski definition) is 7. The van der Waals surface area contributed by atoms with Gasteiger partial charge in [0, 0.05) is 27.2 Å². The molecule has 5 aromatic rings. The van der Waals surface area contributed by atoms with E-state index in [0.717, 1.165) is 10.9 Å². The zero-order valence-corrected chi connectivity index (χ0v) is 20.8. The monoisotopic (exact) mass is 544 g/mol. The molecule has 1 aliphatic rings. The number of halogens is 3. The maximum absolute atomic E-state index is 13.5. The van der Waals surface area contributed by atoms with Crippen molar-refractivity contribution in [1.29, 1.82) is 0 Å². The van der Waals surface area contributed by atoms with Crippen molar-refractivity contribution in [2.75, 3.05) is 10.6 Å². The van der Waals surface area contributed by atoms with Crippen molar-refractivity contribution in [1.82, 2.24) is 9.97 Å². The Morgan fingerprint density at radius 2 is 1.89 bits per heavy atom. The molecule has 0 saturated carbocycles. The van der Waals surface area contributed by atoms with E-state index in [-0.39, 0.29) is 16.6 Å². The summed E-state index contributed by atoms with van der Waals surface area (Å²) in [6.45, 7) is 0. The molecule has 3 aromatic carbocycles. The lowest BCUT2D eigenvalue weighted by atomic mass is 10.1. The highest BCUT2D eigenvalue weighted by Crippen LogP contribution is 2.31. The number of fused-ring (bicyclic) bond motifs is 2. The summed E-state index contributed by atoms with van der Waals surface area (Å²) in [6.07, 6.45) is 2.86. The molecule has 0 unspecified atom stereocenters. The molecule has 186 valence electrons. The van der Waals surface area contributed by atoms with Crippen molar-refractivity contribution in [2.24, 2.45) is 10.2 Å². The largest absolute Gasteiger partial charge is 0.455 e. The zero-order valence-electron chi connectivity index (χ0n) is 19.2. The average Bonchev–Trinajstić information content (AvgIpc) is 3.50. The van der Waals surface area contributed by atoms with Gasteiger partial charge in [-0.15, -0.1) is 5.10 Å². The van der Waals surface area contributed by atoms with Gasteiger partial charge in [-0.1, -0.05) is 23.2 Å². The van der Waals surface area contributed by atoms with Gasteiger partial charge in [0.15, 0.2) is 5.71 Å². The van der Waals surface area contributed by atoms with E-state index in [1.54, 1.807) is 36.4 Å².